The molecule has 1 N–H and O–H groups in total. The predicted molar refractivity (Wildman–Crippen MR) is 72.1 cm³/mol. The Labute approximate surface area is 107 Å². The number of hydrogen-bond donors (Lipinski definition) is 1. The van der Waals surface area contributed by atoms with Crippen LogP contribution in [-0.2, 0) is 0 Å². The highest BCUT2D eigenvalue weighted by Crippen LogP contribution is 2.42. The number of benzene rings is 2. The van der Waals surface area contributed by atoms with Crippen molar-refractivity contribution in [3.05, 3.63) is 48.0 Å². The van der Waals surface area contributed by atoms with Gasteiger partial charge in [0, 0.05) is 11.1 Å². The normalized spacial score (nSPS) is 17.9. The first-order valence-corrected chi connectivity index (χ1v) is 6.31. The molecule has 0 radical (unpaired) electrons. The Kier molecular flexibility index (Phi) is 2.71. The molecule has 0 fully saturated rings. The average Bonchev–Trinajstić information content (AvgIpc) is 2.39. The molecular formula is C16H16O2. The Balaban J connectivity index is 2.22. The number of phenols is 1. The van der Waals surface area contributed by atoms with Crippen molar-refractivity contribution in [2.24, 2.45) is 0 Å². The maximum Gasteiger partial charge on any atom is 0.123 e. The van der Waals surface area contributed by atoms with E-state index < -0.39 is 0 Å². The van der Waals surface area contributed by atoms with Gasteiger partial charge < -0.3 is 9.84 Å². The third-order valence-corrected chi connectivity index (χ3v) is 3.56. The molecule has 2 aromatic carbocycles. The van der Waals surface area contributed by atoms with Crippen LogP contribution in [0.15, 0.2) is 42.5 Å². The summed E-state index contributed by atoms with van der Waals surface area (Å²) in [6.07, 6.45) is 1.03. The summed E-state index contributed by atoms with van der Waals surface area (Å²) in [6, 6.07) is 13.5. The summed E-state index contributed by atoms with van der Waals surface area (Å²) in [5.41, 5.74) is 3.18. The van der Waals surface area contributed by atoms with Gasteiger partial charge in [-0.3, -0.25) is 0 Å². The van der Waals surface area contributed by atoms with Crippen LogP contribution in [0.25, 0.3) is 11.1 Å². The van der Waals surface area contributed by atoms with E-state index in [2.05, 4.69) is 13.0 Å². The zero-order valence-electron chi connectivity index (χ0n) is 10.4. The Hall–Kier alpha value is -1.96. The van der Waals surface area contributed by atoms with Gasteiger partial charge in [0.2, 0.25) is 0 Å². The first-order chi connectivity index (χ1) is 8.77. The SMILES string of the molecule is CC1CCOc2cccc(-c3ccccc3O)c21. The fraction of sp³-hybridized carbons (Fsp3) is 0.250. The molecular weight excluding hydrogens is 224 g/mol. The number of phenolic OH excluding ortho intramolecular Hbond substituents is 1. The third kappa shape index (κ3) is 1.74. The molecule has 0 saturated heterocycles. The standard InChI is InChI=1S/C16H16O2/c1-11-9-10-18-15-8-4-6-13(16(11)15)12-5-2-3-7-14(12)17/h2-8,11,17H,9-10H2,1H3. The molecule has 2 heteroatoms. The van der Waals surface area contributed by atoms with E-state index in [9.17, 15) is 5.11 Å². The van der Waals surface area contributed by atoms with Crippen LogP contribution in [0.3, 0.4) is 0 Å². The summed E-state index contributed by atoms with van der Waals surface area (Å²) in [7, 11) is 0. The van der Waals surface area contributed by atoms with E-state index in [0.29, 0.717) is 11.7 Å². The van der Waals surface area contributed by atoms with Crippen LogP contribution < -0.4 is 4.74 Å². The molecule has 0 aliphatic carbocycles. The molecule has 1 aliphatic rings. The molecule has 2 aromatic rings. The molecule has 1 unspecified atom stereocenters. The second-order valence-corrected chi connectivity index (χ2v) is 4.77. The molecule has 1 atom stereocenters. The highest BCUT2D eigenvalue weighted by Gasteiger charge is 2.22. The van der Waals surface area contributed by atoms with Crippen LogP contribution in [0.4, 0.5) is 0 Å². The van der Waals surface area contributed by atoms with Crippen molar-refractivity contribution in [2.45, 2.75) is 19.3 Å². The van der Waals surface area contributed by atoms with E-state index in [1.165, 1.54) is 5.56 Å². The molecule has 3 rings (SSSR count). The Bertz CT molecular complexity index is 575. The quantitative estimate of drug-likeness (QED) is 0.818. The molecule has 92 valence electrons. The summed E-state index contributed by atoms with van der Waals surface area (Å²) in [6.45, 7) is 2.99. The van der Waals surface area contributed by atoms with Gasteiger partial charge in [-0.05, 0) is 30.0 Å². The minimum Gasteiger partial charge on any atom is -0.507 e. The van der Waals surface area contributed by atoms with Gasteiger partial charge in [-0.1, -0.05) is 37.3 Å². The molecule has 1 aliphatic heterocycles. The zero-order valence-corrected chi connectivity index (χ0v) is 10.4. The number of fused-ring (bicyclic) bond motifs is 1. The molecule has 0 saturated carbocycles. The van der Waals surface area contributed by atoms with Crippen molar-refractivity contribution in [1.82, 2.24) is 0 Å². The summed E-state index contributed by atoms with van der Waals surface area (Å²) in [4.78, 5) is 0. The molecule has 0 aromatic heterocycles. The number of para-hydroxylation sites is 1. The molecule has 0 spiro atoms. The minimum absolute atomic E-state index is 0.323. The van der Waals surface area contributed by atoms with E-state index >= 15 is 0 Å². The number of aromatic hydroxyl groups is 1. The number of rotatable bonds is 1. The van der Waals surface area contributed by atoms with Gasteiger partial charge in [0.15, 0.2) is 0 Å². The van der Waals surface area contributed by atoms with Crippen molar-refractivity contribution in [1.29, 1.82) is 0 Å². The lowest BCUT2D eigenvalue weighted by Gasteiger charge is -2.26. The van der Waals surface area contributed by atoms with Crippen molar-refractivity contribution in [2.75, 3.05) is 6.61 Å². The van der Waals surface area contributed by atoms with Crippen molar-refractivity contribution in [3.63, 3.8) is 0 Å². The Morgan fingerprint density at radius 3 is 2.67 bits per heavy atom. The van der Waals surface area contributed by atoms with Gasteiger partial charge >= 0.3 is 0 Å². The van der Waals surface area contributed by atoms with Crippen LogP contribution in [0.1, 0.15) is 24.8 Å². The summed E-state index contributed by atoms with van der Waals surface area (Å²) < 4.78 is 5.71. The highest BCUT2D eigenvalue weighted by molar-refractivity contribution is 5.75. The van der Waals surface area contributed by atoms with E-state index in [1.54, 1.807) is 6.07 Å². The fourth-order valence-electron chi connectivity index (χ4n) is 2.60. The lowest BCUT2D eigenvalue weighted by Crippen LogP contribution is -2.13. The van der Waals surface area contributed by atoms with E-state index in [4.69, 9.17) is 4.74 Å². The van der Waals surface area contributed by atoms with Crippen molar-refractivity contribution >= 4 is 0 Å². The Morgan fingerprint density at radius 1 is 1.06 bits per heavy atom. The predicted octanol–water partition coefficient (Wildman–Crippen LogP) is 3.95. The molecule has 1 heterocycles. The number of ether oxygens (including phenoxy) is 1. The van der Waals surface area contributed by atoms with Crippen LogP contribution in [0.5, 0.6) is 11.5 Å². The largest absolute Gasteiger partial charge is 0.507 e. The van der Waals surface area contributed by atoms with E-state index in [1.807, 2.05) is 30.3 Å². The van der Waals surface area contributed by atoms with E-state index in [0.717, 1.165) is 29.9 Å². The Morgan fingerprint density at radius 2 is 1.83 bits per heavy atom. The number of hydrogen-bond acceptors (Lipinski definition) is 2. The fourth-order valence-corrected chi connectivity index (χ4v) is 2.60. The van der Waals surface area contributed by atoms with Gasteiger partial charge in [0.05, 0.1) is 6.61 Å². The van der Waals surface area contributed by atoms with Crippen LogP contribution >= 0.6 is 0 Å². The van der Waals surface area contributed by atoms with E-state index in [-0.39, 0.29) is 0 Å². The molecule has 2 nitrogen and oxygen atoms in total. The lowest BCUT2D eigenvalue weighted by atomic mass is 9.87. The second-order valence-electron chi connectivity index (χ2n) is 4.77. The van der Waals surface area contributed by atoms with Crippen molar-refractivity contribution < 1.29 is 9.84 Å². The van der Waals surface area contributed by atoms with Crippen molar-refractivity contribution in [3.8, 4) is 22.6 Å². The maximum atomic E-state index is 10.0. The third-order valence-electron chi connectivity index (χ3n) is 3.56. The maximum absolute atomic E-state index is 10.0. The zero-order chi connectivity index (χ0) is 12.5. The van der Waals surface area contributed by atoms with Gasteiger partial charge in [0.1, 0.15) is 11.5 Å². The molecule has 0 amide bonds. The minimum atomic E-state index is 0.323. The smallest absolute Gasteiger partial charge is 0.123 e. The van der Waals surface area contributed by atoms with Crippen LogP contribution in [0, 0.1) is 0 Å². The topological polar surface area (TPSA) is 29.5 Å². The summed E-state index contributed by atoms with van der Waals surface area (Å²) in [5.74, 6) is 1.74. The van der Waals surface area contributed by atoms with Gasteiger partial charge in [0.25, 0.3) is 0 Å². The summed E-state index contributed by atoms with van der Waals surface area (Å²) in [5, 5.41) is 10.0. The average molecular weight is 240 g/mol. The first kappa shape index (κ1) is 11.1. The first-order valence-electron chi connectivity index (χ1n) is 6.31. The van der Waals surface area contributed by atoms with Crippen LogP contribution in [0.2, 0.25) is 0 Å². The molecule has 0 bridgehead atoms. The van der Waals surface area contributed by atoms with Gasteiger partial charge in [-0.15, -0.1) is 0 Å². The van der Waals surface area contributed by atoms with Crippen LogP contribution in [-0.4, -0.2) is 11.7 Å². The monoisotopic (exact) mass is 240 g/mol. The highest BCUT2D eigenvalue weighted by atomic mass is 16.5. The lowest BCUT2D eigenvalue weighted by molar-refractivity contribution is 0.272. The molecule has 18 heavy (non-hydrogen) atoms. The van der Waals surface area contributed by atoms with Gasteiger partial charge in [-0.2, -0.15) is 0 Å². The van der Waals surface area contributed by atoms with Gasteiger partial charge in [-0.25, -0.2) is 0 Å². The summed E-state index contributed by atoms with van der Waals surface area (Å²) >= 11 is 0. The second kappa shape index (κ2) is 4.37.